The second kappa shape index (κ2) is 5.34. The Hall–Kier alpha value is -1.33. The third-order valence-electron chi connectivity index (χ3n) is 1.63. The van der Waals surface area contributed by atoms with E-state index in [4.69, 9.17) is 5.26 Å². The van der Waals surface area contributed by atoms with Crippen molar-refractivity contribution in [2.45, 2.75) is 0 Å². The molecule has 1 heterocycles. The van der Waals surface area contributed by atoms with Crippen LogP contribution >= 0.6 is 0 Å². The van der Waals surface area contributed by atoms with E-state index in [1.165, 1.54) is 0 Å². The molecule has 0 atom stereocenters. The van der Waals surface area contributed by atoms with Crippen LogP contribution in [0.15, 0.2) is 36.4 Å². The number of hydrogen-bond acceptors (Lipinski definition) is 2. The Morgan fingerprint density at radius 2 is 1.42 bits per heavy atom. The summed E-state index contributed by atoms with van der Waals surface area (Å²) >= 11 is 0. The molecule has 1 aliphatic rings. The van der Waals surface area contributed by atoms with Crippen molar-refractivity contribution in [2.75, 3.05) is 13.1 Å². The second-order valence-corrected chi connectivity index (χ2v) is 2.64. The average Bonchev–Trinajstić information content (AvgIpc) is 2.07. The summed E-state index contributed by atoms with van der Waals surface area (Å²) in [6, 6.07) is 14.1. The van der Waals surface area contributed by atoms with Crippen LogP contribution in [0.4, 0.5) is 0 Å². The lowest BCUT2D eigenvalue weighted by Crippen LogP contribution is -2.40. The maximum Gasteiger partial charge on any atom is 0.0712 e. The van der Waals surface area contributed by atoms with Crippen molar-refractivity contribution in [3.63, 3.8) is 0 Å². The molecule has 0 saturated carbocycles. The average molecular weight is 160 g/mol. The molecule has 1 aromatic rings. The van der Waals surface area contributed by atoms with Crippen LogP contribution in [-0.4, -0.2) is 13.1 Å². The van der Waals surface area contributed by atoms with Crippen molar-refractivity contribution in [1.82, 2.24) is 5.32 Å². The molecule has 0 unspecified atom stereocenters. The van der Waals surface area contributed by atoms with Gasteiger partial charge in [-0.25, -0.2) is 0 Å². The van der Waals surface area contributed by atoms with Crippen LogP contribution in [0.1, 0.15) is 0 Å². The van der Waals surface area contributed by atoms with Gasteiger partial charge in [0.25, 0.3) is 0 Å². The Balaban J connectivity index is 0.000000120. The lowest BCUT2D eigenvalue weighted by Gasteiger charge is -2.18. The monoisotopic (exact) mass is 160 g/mol. The van der Waals surface area contributed by atoms with E-state index in [0.29, 0.717) is 5.92 Å². The normalized spacial score (nSPS) is 14.9. The molecule has 0 radical (unpaired) electrons. The van der Waals surface area contributed by atoms with E-state index < -0.39 is 0 Å². The molecular weight excluding hydrogens is 148 g/mol. The lowest BCUT2D eigenvalue weighted by atomic mass is 10.1. The highest BCUT2D eigenvalue weighted by atomic mass is 14.9. The Bertz CT molecular complexity index is 207. The van der Waals surface area contributed by atoms with Gasteiger partial charge in [-0.05, 0) is 0 Å². The van der Waals surface area contributed by atoms with Gasteiger partial charge in [0.2, 0.25) is 0 Å². The summed E-state index contributed by atoms with van der Waals surface area (Å²) in [4.78, 5) is 0. The fraction of sp³-hybridized carbons (Fsp3) is 0.300. The zero-order valence-electron chi connectivity index (χ0n) is 6.90. The smallest absolute Gasteiger partial charge is 0.0712 e. The fourth-order valence-corrected chi connectivity index (χ4v) is 0.765. The van der Waals surface area contributed by atoms with Crippen molar-refractivity contribution in [3.8, 4) is 6.07 Å². The number of nitrogens with one attached hydrogen (secondary N) is 1. The Kier molecular flexibility index (Phi) is 3.90. The lowest BCUT2D eigenvalue weighted by molar-refractivity contribution is 0.428. The molecule has 0 aliphatic carbocycles. The van der Waals surface area contributed by atoms with E-state index in [9.17, 15) is 0 Å². The third-order valence-corrected chi connectivity index (χ3v) is 1.63. The van der Waals surface area contributed by atoms with E-state index in [2.05, 4.69) is 11.4 Å². The van der Waals surface area contributed by atoms with Crippen molar-refractivity contribution in [2.24, 2.45) is 5.92 Å². The molecule has 2 nitrogen and oxygen atoms in total. The molecule has 0 bridgehead atoms. The molecule has 62 valence electrons. The van der Waals surface area contributed by atoms with Crippen LogP contribution in [0.5, 0.6) is 0 Å². The predicted molar refractivity (Wildman–Crippen MR) is 48.4 cm³/mol. The first-order valence-corrected chi connectivity index (χ1v) is 4.04. The van der Waals surface area contributed by atoms with Gasteiger partial charge in [-0.1, -0.05) is 36.4 Å². The number of benzene rings is 1. The number of nitrogens with zero attached hydrogens (tertiary/aromatic N) is 1. The summed E-state index contributed by atoms with van der Waals surface area (Å²) in [5.74, 6) is 0.310. The molecule has 1 aromatic carbocycles. The predicted octanol–water partition coefficient (Wildman–Crippen LogP) is 1.42. The molecular formula is C10H12N2. The highest BCUT2D eigenvalue weighted by Gasteiger charge is 2.13. The van der Waals surface area contributed by atoms with E-state index in [1.807, 2.05) is 36.4 Å². The van der Waals surface area contributed by atoms with Crippen LogP contribution in [-0.2, 0) is 0 Å². The van der Waals surface area contributed by atoms with Crippen molar-refractivity contribution < 1.29 is 0 Å². The first-order chi connectivity index (χ1) is 5.93. The second-order valence-electron chi connectivity index (χ2n) is 2.64. The summed E-state index contributed by atoms with van der Waals surface area (Å²) in [5, 5.41) is 11.1. The topological polar surface area (TPSA) is 35.8 Å². The largest absolute Gasteiger partial charge is 0.314 e. The minimum atomic E-state index is 0.310. The van der Waals surface area contributed by atoms with Crippen LogP contribution in [0.3, 0.4) is 0 Å². The van der Waals surface area contributed by atoms with Gasteiger partial charge in [0.15, 0.2) is 0 Å². The zero-order chi connectivity index (χ0) is 8.65. The summed E-state index contributed by atoms with van der Waals surface area (Å²) < 4.78 is 0. The molecule has 12 heavy (non-hydrogen) atoms. The van der Waals surface area contributed by atoms with Crippen LogP contribution < -0.4 is 5.32 Å². The summed E-state index contributed by atoms with van der Waals surface area (Å²) in [6.07, 6.45) is 0. The highest BCUT2D eigenvalue weighted by molar-refractivity contribution is 4.99. The van der Waals surface area contributed by atoms with Gasteiger partial charge in [-0.15, -0.1) is 0 Å². The van der Waals surface area contributed by atoms with Crippen molar-refractivity contribution in [1.29, 1.82) is 5.26 Å². The van der Waals surface area contributed by atoms with E-state index in [-0.39, 0.29) is 0 Å². The van der Waals surface area contributed by atoms with Gasteiger partial charge >= 0.3 is 0 Å². The summed E-state index contributed by atoms with van der Waals surface area (Å²) in [7, 11) is 0. The SMILES string of the molecule is N#CC1CNC1.c1ccccc1. The number of rotatable bonds is 0. The van der Waals surface area contributed by atoms with Gasteiger partial charge in [0, 0.05) is 13.1 Å². The maximum absolute atomic E-state index is 8.10. The zero-order valence-corrected chi connectivity index (χ0v) is 6.90. The van der Waals surface area contributed by atoms with Gasteiger partial charge in [0.05, 0.1) is 12.0 Å². The maximum atomic E-state index is 8.10. The minimum absolute atomic E-state index is 0.310. The number of hydrogen-bond donors (Lipinski definition) is 1. The fourth-order valence-electron chi connectivity index (χ4n) is 0.765. The van der Waals surface area contributed by atoms with Crippen LogP contribution in [0.25, 0.3) is 0 Å². The summed E-state index contributed by atoms with van der Waals surface area (Å²) in [5.41, 5.74) is 0. The van der Waals surface area contributed by atoms with Crippen molar-refractivity contribution in [3.05, 3.63) is 36.4 Å². The van der Waals surface area contributed by atoms with Crippen LogP contribution in [0.2, 0.25) is 0 Å². The van der Waals surface area contributed by atoms with E-state index in [1.54, 1.807) is 0 Å². The van der Waals surface area contributed by atoms with Gasteiger partial charge in [0.1, 0.15) is 0 Å². The quantitative estimate of drug-likeness (QED) is 0.623. The molecule has 2 rings (SSSR count). The number of nitriles is 1. The Morgan fingerprint density at radius 3 is 1.50 bits per heavy atom. The summed E-state index contributed by atoms with van der Waals surface area (Å²) in [6.45, 7) is 1.80. The molecule has 2 heteroatoms. The molecule has 1 aliphatic heterocycles. The molecule has 0 spiro atoms. The molecule has 1 fully saturated rings. The first kappa shape index (κ1) is 8.76. The van der Waals surface area contributed by atoms with Crippen LogP contribution in [0, 0.1) is 17.2 Å². The minimum Gasteiger partial charge on any atom is -0.314 e. The van der Waals surface area contributed by atoms with Gasteiger partial charge in [-0.3, -0.25) is 0 Å². The molecule has 1 N–H and O–H groups in total. The molecule has 0 amide bonds. The van der Waals surface area contributed by atoms with Crippen molar-refractivity contribution >= 4 is 0 Å². The highest BCUT2D eigenvalue weighted by Crippen LogP contribution is 1.97. The van der Waals surface area contributed by atoms with E-state index in [0.717, 1.165) is 13.1 Å². The third kappa shape index (κ3) is 3.18. The van der Waals surface area contributed by atoms with Gasteiger partial charge < -0.3 is 5.32 Å². The molecule has 1 saturated heterocycles. The first-order valence-electron chi connectivity index (χ1n) is 4.04. The Morgan fingerprint density at radius 1 is 1.00 bits per heavy atom. The molecule has 0 aromatic heterocycles. The van der Waals surface area contributed by atoms with E-state index >= 15 is 0 Å². The van der Waals surface area contributed by atoms with Gasteiger partial charge in [-0.2, -0.15) is 5.26 Å². The Labute approximate surface area is 72.8 Å². The standard InChI is InChI=1S/C6H6.C4H6N2/c1-2-4-6-5-3-1;5-1-4-2-6-3-4/h1-6H;4,6H,2-3H2.